The number of anilines is 1. The van der Waals surface area contributed by atoms with Crippen molar-refractivity contribution in [2.24, 2.45) is 4.99 Å². The van der Waals surface area contributed by atoms with Gasteiger partial charge in [-0.25, -0.2) is 9.37 Å². The molecule has 4 heterocycles. The second-order valence-electron chi connectivity index (χ2n) is 7.90. The van der Waals surface area contributed by atoms with Crippen molar-refractivity contribution in [2.45, 2.75) is 51.5 Å². The molecule has 2 aliphatic rings. The molecule has 1 N–H and O–H groups in total. The Hall–Kier alpha value is -3.16. The number of aliphatic imine (C=N–C) groups is 1. The van der Waals surface area contributed by atoms with Crippen molar-refractivity contribution in [3.63, 3.8) is 0 Å². The maximum Gasteiger partial charge on any atom is 0.228 e. The molecule has 0 spiro atoms. The van der Waals surface area contributed by atoms with Gasteiger partial charge in [0.25, 0.3) is 0 Å². The van der Waals surface area contributed by atoms with Crippen LogP contribution in [0.2, 0.25) is 0 Å². The van der Waals surface area contributed by atoms with Crippen LogP contribution in [0.3, 0.4) is 0 Å². The minimum absolute atomic E-state index is 0.215. The Bertz CT molecular complexity index is 1150. The van der Waals surface area contributed by atoms with Crippen molar-refractivity contribution in [2.75, 3.05) is 5.32 Å². The summed E-state index contributed by atoms with van der Waals surface area (Å²) in [7, 11) is 0. The van der Waals surface area contributed by atoms with E-state index in [-0.39, 0.29) is 12.0 Å². The van der Waals surface area contributed by atoms with Crippen molar-refractivity contribution in [3.05, 3.63) is 47.3 Å². The number of hydrogen-bond donors (Lipinski definition) is 1. The molecule has 7 nitrogen and oxygen atoms in total. The molecule has 0 fully saturated rings. The number of pyridine rings is 1. The van der Waals surface area contributed by atoms with Gasteiger partial charge in [0, 0.05) is 48.1 Å². The molecule has 0 radical (unpaired) electrons. The standard InChI is InChI=1S/C21H22FN7/c1-12(2)17-11-25-29-20(17)27-19(14-7-15(22)10-23-9-14)28-21(29)26-16-4-3-13-5-6-24-18(13)8-16/h6-7,9-12,16H,3-5,8H2,1-2H3,(H,26,27,28)/t16-/m0/s1. The summed E-state index contributed by atoms with van der Waals surface area (Å²) >= 11 is 0. The second-order valence-corrected chi connectivity index (χ2v) is 7.90. The average Bonchev–Trinajstić information content (AvgIpc) is 3.34. The molecule has 3 aromatic rings. The summed E-state index contributed by atoms with van der Waals surface area (Å²) in [5.74, 6) is 0.883. The van der Waals surface area contributed by atoms with Gasteiger partial charge in [-0.3, -0.25) is 9.98 Å². The largest absolute Gasteiger partial charge is 0.351 e. The van der Waals surface area contributed by atoms with E-state index in [2.05, 4.69) is 44.2 Å². The zero-order valence-corrected chi connectivity index (χ0v) is 16.4. The van der Waals surface area contributed by atoms with E-state index in [1.807, 2.05) is 12.4 Å². The fraction of sp³-hybridized carbons (Fsp3) is 0.381. The quantitative estimate of drug-likeness (QED) is 0.723. The number of allylic oxidation sites excluding steroid dienone is 1. The molecular formula is C21H22FN7. The molecule has 0 saturated carbocycles. The lowest BCUT2D eigenvalue weighted by atomic mass is 9.92. The highest BCUT2D eigenvalue weighted by Gasteiger charge is 2.25. The Labute approximate surface area is 167 Å². The first-order valence-electron chi connectivity index (χ1n) is 9.95. The molecule has 1 aliphatic heterocycles. The monoisotopic (exact) mass is 391 g/mol. The molecule has 0 amide bonds. The van der Waals surface area contributed by atoms with Crippen LogP contribution in [-0.2, 0) is 0 Å². The van der Waals surface area contributed by atoms with E-state index in [1.54, 1.807) is 10.7 Å². The van der Waals surface area contributed by atoms with Crippen molar-refractivity contribution in [1.82, 2.24) is 24.6 Å². The Morgan fingerprint density at radius 2 is 2.10 bits per heavy atom. The second kappa shape index (κ2) is 7.02. The van der Waals surface area contributed by atoms with Gasteiger partial charge in [0.05, 0.1) is 12.4 Å². The van der Waals surface area contributed by atoms with Gasteiger partial charge in [-0.2, -0.15) is 14.6 Å². The van der Waals surface area contributed by atoms with Crippen molar-refractivity contribution in [3.8, 4) is 11.4 Å². The summed E-state index contributed by atoms with van der Waals surface area (Å²) in [4.78, 5) is 17.8. The molecule has 1 atom stereocenters. The van der Waals surface area contributed by atoms with Crippen LogP contribution in [0.1, 0.15) is 51.0 Å². The van der Waals surface area contributed by atoms with E-state index in [0.29, 0.717) is 17.3 Å². The van der Waals surface area contributed by atoms with Crippen LogP contribution in [0.25, 0.3) is 17.0 Å². The van der Waals surface area contributed by atoms with E-state index in [0.717, 1.165) is 36.9 Å². The van der Waals surface area contributed by atoms with E-state index in [4.69, 9.17) is 0 Å². The van der Waals surface area contributed by atoms with Crippen LogP contribution < -0.4 is 5.32 Å². The topological polar surface area (TPSA) is 80.4 Å². The molecule has 0 saturated heterocycles. The number of aromatic nitrogens is 5. The summed E-state index contributed by atoms with van der Waals surface area (Å²) in [5.41, 5.74) is 4.93. The van der Waals surface area contributed by atoms with E-state index in [9.17, 15) is 4.39 Å². The molecule has 29 heavy (non-hydrogen) atoms. The van der Waals surface area contributed by atoms with Crippen LogP contribution in [0.15, 0.2) is 40.9 Å². The zero-order valence-electron chi connectivity index (χ0n) is 16.4. The van der Waals surface area contributed by atoms with Crippen LogP contribution in [0.5, 0.6) is 0 Å². The average molecular weight is 391 g/mol. The summed E-state index contributed by atoms with van der Waals surface area (Å²) in [6.07, 6.45) is 10.5. The highest BCUT2D eigenvalue weighted by Crippen LogP contribution is 2.33. The lowest BCUT2D eigenvalue weighted by molar-refractivity contribution is 0.593. The van der Waals surface area contributed by atoms with E-state index >= 15 is 0 Å². The Balaban J connectivity index is 1.57. The predicted molar refractivity (Wildman–Crippen MR) is 109 cm³/mol. The number of hydrogen-bond acceptors (Lipinski definition) is 6. The molecule has 148 valence electrons. The molecule has 5 rings (SSSR count). The molecule has 3 aromatic heterocycles. The number of halogens is 1. The molecule has 0 bridgehead atoms. The maximum absolute atomic E-state index is 13.7. The lowest BCUT2D eigenvalue weighted by Crippen LogP contribution is -2.25. The Morgan fingerprint density at radius 1 is 1.21 bits per heavy atom. The van der Waals surface area contributed by atoms with Gasteiger partial charge in [-0.05, 0) is 30.4 Å². The zero-order chi connectivity index (χ0) is 20.0. The number of fused-ring (bicyclic) bond motifs is 1. The van der Waals surface area contributed by atoms with Gasteiger partial charge in [0.1, 0.15) is 5.82 Å². The lowest BCUT2D eigenvalue weighted by Gasteiger charge is -2.24. The first-order valence-corrected chi connectivity index (χ1v) is 9.95. The van der Waals surface area contributed by atoms with Gasteiger partial charge in [-0.1, -0.05) is 13.8 Å². The van der Waals surface area contributed by atoms with Gasteiger partial charge >= 0.3 is 0 Å². The minimum atomic E-state index is -0.413. The fourth-order valence-corrected chi connectivity index (χ4v) is 3.97. The first kappa shape index (κ1) is 17.9. The summed E-state index contributed by atoms with van der Waals surface area (Å²) < 4.78 is 15.5. The van der Waals surface area contributed by atoms with Crippen molar-refractivity contribution >= 4 is 17.8 Å². The Morgan fingerprint density at radius 3 is 2.93 bits per heavy atom. The SMILES string of the molecule is CC(C)c1cnn2c(N[C@H]3CCC4=C(C3)N=CC4)nc(-c3cncc(F)c3)nc12. The molecule has 0 unspecified atom stereocenters. The predicted octanol–water partition coefficient (Wildman–Crippen LogP) is 4.14. The molecule has 1 aliphatic carbocycles. The van der Waals surface area contributed by atoms with E-state index < -0.39 is 5.82 Å². The van der Waals surface area contributed by atoms with Crippen LogP contribution in [0.4, 0.5) is 10.3 Å². The number of nitrogens with one attached hydrogen (secondary N) is 1. The number of rotatable bonds is 4. The third-order valence-electron chi connectivity index (χ3n) is 5.54. The fourth-order valence-electron chi connectivity index (χ4n) is 3.97. The van der Waals surface area contributed by atoms with Crippen LogP contribution >= 0.6 is 0 Å². The number of nitrogens with zero attached hydrogens (tertiary/aromatic N) is 6. The van der Waals surface area contributed by atoms with Gasteiger partial charge in [0.2, 0.25) is 5.95 Å². The third-order valence-corrected chi connectivity index (χ3v) is 5.54. The summed E-state index contributed by atoms with van der Waals surface area (Å²) in [6.45, 7) is 4.20. The molecular weight excluding hydrogens is 369 g/mol. The minimum Gasteiger partial charge on any atom is -0.351 e. The third kappa shape index (κ3) is 3.28. The summed E-state index contributed by atoms with van der Waals surface area (Å²) in [5, 5.41) is 8.06. The highest BCUT2D eigenvalue weighted by molar-refractivity contribution is 5.68. The maximum atomic E-state index is 13.7. The molecule has 0 aromatic carbocycles. The smallest absolute Gasteiger partial charge is 0.228 e. The Kier molecular flexibility index (Phi) is 4.34. The highest BCUT2D eigenvalue weighted by atomic mass is 19.1. The van der Waals surface area contributed by atoms with Gasteiger partial charge in [-0.15, -0.1) is 0 Å². The van der Waals surface area contributed by atoms with Crippen LogP contribution in [0, 0.1) is 5.82 Å². The molecule has 8 heteroatoms. The van der Waals surface area contributed by atoms with Crippen molar-refractivity contribution in [1.29, 1.82) is 0 Å². The van der Waals surface area contributed by atoms with Gasteiger partial charge < -0.3 is 5.32 Å². The first-order chi connectivity index (χ1) is 14.1. The van der Waals surface area contributed by atoms with E-state index in [1.165, 1.54) is 23.5 Å². The summed E-state index contributed by atoms with van der Waals surface area (Å²) in [6, 6.07) is 1.62. The van der Waals surface area contributed by atoms with Crippen molar-refractivity contribution < 1.29 is 4.39 Å². The van der Waals surface area contributed by atoms with Crippen LogP contribution in [-0.4, -0.2) is 36.8 Å². The normalized spacial score (nSPS) is 18.7. The van der Waals surface area contributed by atoms with Gasteiger partial charge in [0.15, 0.2) is 11.5 Å².